The molecule has 0 N–H and O–H groups in total. The maximum atomic E-state index is 4.55. The van der Waals surface area contributed by atoms with Crippen molar-refractivity contribution in [3.63, 3.8) is 0 Å². The highest BCUT2D eigenvalue weighted by atomic mass is 15.3. The van der Waals surface area contributed by atoms with Gasteiger partial charge in [0.15, 0.2) is 0 Å². The SMILES string of the molecule is c1ccc(N2CC3CCC(C2)N3c2ccccn2)cc1. The average Bonchev–Trinajstić information content (AvgIpc) is 2.79. The summed E-state index contributed by atoms with van der Waals surface area (Å²) in [5.74, 6) is 1.15. The standard InChI is InChI=1S/C17H19N3/c1-2-6-14(7-3-1)19-12-15-9-10-16(13-19)20(15)17-8-4-5-11-18-17/h1-8,11,15-16H,9-10,12-13H2. The van der Waals surface area contributed by atoms with Crippen LogP contribution in [0, 0.1) is 0 Å². The largest absolute Gasteiger partial charge is 0.367 e. The zero-order valence-electron chi connectivity index (χ0n) is 11.5. The van der Waals surface area contributed by atoms with Gasteiger partial charge in [-0.15, -0.1) is 0 Å². The van der Waals surface area contributed by atoms with Crippen LogP contribution in [0.25, 0.3) is 0 Å². The number of nitrogens with zero attached hydrogens (tertiary/aromatic N) is 3. The molecule has 20 heavy (non-hydrogen) atoms. The Morgan fingerprint density at radius 2 is 1.55 bits per heavy atom. The van der Waals surface area contributed by atoms with E-state index >= 15 is 0 Å². The molecule has 1 aromatic carbocycles. The number of benzene rings is 1. The molecule has 102 valence electrons. The molecule has 0 spiro atoms. The molecule has 1 aromatic heterocycles. The molecule has 0 aliphatic carbocycles. The van der Waals surface area contributed by atoms with Crippen molar-refractivity contribution in [3.8, 4) is 0 Å². The van der Waals surface area contributed by atoms with Crippen LogP contribution < -0.4 is 9.80 Å². The van der Waals surface area contributed by atoms with Crippen LogP contribution in [0.1, 0.15) is 12.8 Å². The van der Waals surface area contributed by atoms with Crippen LogP contribution in [0.15, 0.2) is 54.7 Å². The number of hydrogen-bond donors (Lipinski definition) is 0. The lowest BCUT2D eigenvalue weighted by molar-refractivity contribution is 0.530. The molecule has 2 aliphatic heterocycles. The predicted octanol–water partition coefficient (Wildman–Crippen LogP) is 2.94. The Labute approximate surface area is 119 Å². The van der Waals surface area contributed by atoms with Crippen molar-refractivity contribution in [2.24, 2.45) is 0 Å². The first-order valence-corrected chi connectivity index (χ1v) is 7.41. The van der Waals surface area contributed by atoms with Gasteiger partial charge in [-0.05, 0) is 37.1 Å². The molecule has 2 unspecified atom stereocenters. The summed E-state index contributed by atoms with van der Waals surface area (Å²) in [6.07, 6.45) is 4.47. The van der Waals surface area contributed by atoms with Gasteiger partial charge in [-0.2, -0.15) is 0 Å². The van der Waals surface area contributed by atoms with E-state index in [0.29, 0.717) is 12.1 Å². The number of fused-ring (bicyclic) bond motifs is 2. The lowest BCUT2D eigenvalue weighted by atomic mass is 10.1. The molecule has 2 aliphatic rings. The zero-order chi connectivity index (χ0) is 13.4. The second-order valence-electron chi connectivity index (χ2n) is 5.72. The van der Waals surface area contributed by atoms with Crippen LogP contribution in [-0.4, -0.2) is 30.2 Å². The van der Waals surface area contributed by atoms with Gasteiger partial charge in [-0.1, -0.05) is 24.3 Å². The predicted molar refractivity (Wildman–Crippen MR) is 82.2 cm³/mol. The van der Waals surface area contributed by atoms with Crippen molar-refractivity contribution >= 4 is 11.5 Å². The van der Waals surface area contributed by atoms with E-state index in [1.807, 2.05) is 12.3 Å². The van der Waals surface area contributed by atoms with Crippen LogP contribution in [-0.2, 0) is 0 Å². The van der Waals surface area contributed by atoms with Crippen LogP contribution in [0.2, 0.25) is 0 Å². The van der Waals surface area contributed by atoms with E-state index in [2.05, 4.69) is 57.2 Å². The van der Waals surface area contributed by atoms with Gasteiger partial charge in [0.25, 0.3) is 0 Å². The molecule has 0 radical (unpaired) electrons. The third kappa shape index (κ3) is 1.94. The summed E-state index contributed by atoms with van der Waals surface area (Å²) < 4.78 is 0. The van der Waals surface area contributed by atoms with Crippen molar-refractivity contribution in [3.05, 3.63) is 54.7 Å². The Kier molecular flexibility index (Phi) is 2.84. The zero-order valence-corrected chi connectivity index (χ0v) is 11.5. The van der Waals surface area contributed by atoms with Gasteiger partial charge in [0, 0.05) is 37.1 Å². The van der Waals surface area contributed by atoms with E-state index in [1.54, 1.807) is 0 Å². The van der Waals surface area contributed by atoms with Gasteiger partial charge in [0.05, 0.1) is 0 Å². The van der Waals surface area contributed by atoms with E-state index in [4.69, 9.17) is 0 Å². The summed E-state index contributed by atoms with van der Waals surface area (Å²) in [4.78, 5) is 9.62. The molecule has 2 aromatic rings. The fraction of sp³-hybridized carbons (Fsp3) is 0.353. The average molecular weight is 265 g/mol. The van der Waals surface area contributed by atoms with E-state index < -0.39 is 0 Å². The molecule has 3 nitrogen and oxygen atoms in total. The molecular formula is C17H19N3. The summed E-state index contributed by atoms with van der Waals surface area (Å²) in [5.41, 5.74) is 1.35. The number of piperazine rings is 1. The van der Waals surface area contributed by atoms with Crippen molar-refractivity contribution in [1.29, 1.82) is 0 Å². The van der Waals surface area contributed by atoms with Gasteiger partial charge >= 0.3 is 0 Å². The first kappa shape index (κ1) is 11.8. The van der Waals surface area contributed by atoms with E-state index in [-0.39, 0.29) is 0 Å². The molecule has 4 rings (SSSR count). The first-order chi connectivity index (χ1) is 9.92. The first-order valence-electron chi connectivity index (χ1n) is 7.41. The normalized spacial score (nSPS) is 25.0. The summed E-state index contributed by atoms with van der Waals surface area (Å²) >= 11 is 0. The molecule has 2 atom stereocenters. The van der Waals surface area contributed by atoms with Gasteiger partial charge in [-0.3, -0.25) is 0 Å². The maximum Gasteiger partial charge on any atom is 0.129 e. The lowest BCUT2D eigenvalue weighted by Gasteiger charge is -2.42. The summed E-state index contributed by atoms with van der Waals surface area (Å²) in [6.45, 7) is 2.22. The van der Waals surface area contributed by atoms with Crippen molar-refractivity contribution in [1.82, 2.24) is 4.98 Å². The van der Waals surface area contributed by atoms with Gasteiger partial charge in [0.1, 0.15) is 5.82 Å². The third-order valence-corrected chi connectivity index (χ3v) is 4.52. The van der Waals surface area contributed by atoms with Crippen LogP contribution in [0.3, 0.4) is 0 Å². The summed E-state index contributed by atoms with van der Waals surface area (Å²) in [7, 11) is 0. The molecule has 2 fully saturated rings. The minimum atomic E-state index is 0.601. The monoisotopic (exact) mass is 265 g/mol. The molecule has 2 saturated heterocycles. The maximum absolute atomic E-state index is 4.55. The second-order valence-corrected chi connectivity index (χ2v) is 5.72. The molecule has 0 saturated carbocycles. The quantitative estimate of drug-likeness (QED) is 0.832. The topological polar surface area (TPSA) is 19.4 Å². The fourth-order valence-corrected chi connectivity index (χ4v) is 3.63. The second kappa shape index (κ2) is 4.82. The highest BCUT2D eigenvalue weighted by molar-refractivity contribution is 5.52. The number of para-hydroxylation sites is 1. The molecule has 3 heterocycles. The van der Waals surface area contributed by atoms with Gasteiger partial charge < -0.3 is 9.80 Å². The van der Waals surface area contributed by atoms with E-state index in [1.165, 1.54) is 18.5 Å². The number of aromatic nitrogens is 1. The Balaban J connectivity index is 1.59. The highest BCUT2D eigenvalue weighted by Gasteiger charge is 2.40. The van der Waals surface area contributed by atoms with Crippen molar-refractivity contribution in [2.75, 3.05) is 22.9 Å². The molecular weight excluding hydrogens is 246 g/mol. The summed E-state index contributed by atoms with van der Waals surface area (Å²) in [6, 6.07) is 18.2. The molecule has 3 heteroatoms. The van der Waals surface area contributed by atoms with Crippen molar-refractivity contribution in [2.45, 2.75) is 24.9 Å². The Bertz CT molecular complexity index is 555. The third-order valence-electron chi connectivity index (χ3n) is 4.52. The minimum absolute atomic E-state index is 0.601. The van der Waals surface area contributed by atoms with Gasteiger partial charge in [-0.25, -0.2) is 4.98 Å². The number of anilines is 2. The summed E-state index contributed by atoms with van der Waals surface area (Å²) in [5, 5.41) is 0. The number of rotatable bonds is 2. The van der Waals surface area contributed by atoms with E-state index in [9.17, 15) is 0 Å². The molecule has 0 amide bonds. The highest BCUT2D eigenvalue weighted by Crippen LogP contribution is 2.35. The Morgan fingerprint density at radius 3 is 2.20 bits per heavy atom. The number of hydrogen-bond acceptors (Lipinski definition) is 3. The van der Waals surface area contributed by atoms with Crippen LogP contribution in [0.4, 0.5) is 11.5 Å². The van der Waals surface area contributed by atoms with E-state index in [0.717, 1.165) is 18.9 Å². The van der Waals surface area contributed by atoms with Crippen LogP contribution >= 0.6 is 0 Å². The fourth-order valence-electron chi connectivity index (χ4n) is 3.63. The lowest BCUT2D eigenvalue weighted by Crippen LogP contribution is -2.54. The minimum Gasteiger partial charge on any atom is -0.367 e. The van der Waals surface area contributed by atoms with Gasteiger partial charge in [0.2, 0.25) is 0 Å². The Hall–Kier alpha value is -2.03. The number of pyridine rings is 1. The smallest absolute Gasteiger partial charge is 0.129 e. The van der Waals surface area contributed by atoms with Crippen LogP contribution in [0.5, 0.6) is 0 Å². The molecule has 2 bridgehead atoms. The van der Waals surface area contributed by atoms with Crippen molar-refractivity contribution < 1.29 is 0 Å². The Morgan fingerprint density at radius 1 is 0.850 bits per heavy atom.